The fraction of sp³-hybridized carbons (Fsp3) is 0.750. The highest BCUT2D eigenvalue weighted by Crippen LogP contribution is 2.16. The van der Waals surface area contributed by atoms with Crippen molar-refractivity contribution >= 4 is 23.1 Å². The summed E-state index contributed by atoms with van der Waals surface area (Å²) in [6, 6.07) is 0. The maximum Gasteiger partial charge on any atom is 0.0900 e. The molecule has 0 amide bonds. The van der Waals surface area contributed by atoms with Gasteiger partial charge in [0.25, 0.3) is 0 Å². The molecular weight excluding hydrogens is 236 g/mol. The van der Waals surface area contributed by atoms with Crippen molar-refractivity contribution in [1.82, 2.24) is 10.3 Å². The summed E-state index contributed by atoms with van der Waals surface area (Å²) in [5.41, 5.74) is 1.21. The Labute approximate surface area is 107 Å². The molecular formula is C12H22N2S2. The normalized spacial score (nSPS) is 10.9. The third-order valence-electron chi connectivity index (χ3n) is 2.37. The lowest BCUT2D eigenvalue weighted by atomic mass is 10.3. The van der Waals surface area contributed by atoms with E-state index in [0.29, 0.717) is 0 Å². The van der Waals surface area contributed by atoms with Crippen LogP contribution < -0.4 is 5.32 Å². The Kier molecular flexibility index (Phi) is 7.08. The lowest BCUT2D eigenvalue weighted by Gasteiger charge is -2.03. The Morgan fingerprint density at radius 2 is 2.12 bits per heavy atom. The van der Waals surface area contributed by atoms with E-state index in [2.05, 4.69) is 31.1 Å². The first-order valence-corrected chi connectivity index (χ1v) is 7.92. The predicted octanol–water partition coefficient (Wildman–Crippen LogP) is 3.04. The molecule has 0 bridgehead atoms. The molecule has 16 heavy (non-hydrogen) atoms. The van der Waals surface area contributed by atoms with Crippen LogP contribution in [0.1, 0.15) is 28.9 Å². The van der Waals surface area contributed by atoms with Crippen LogP contribution in [0.5, 0.6) is 0 Å². The number of thiazole rings is 1. The first-order valence-electron chi connectivity index (χ1n) is 5.95. The molecule has 4 heteroatoms. The summed E-state index contributed by atoms with van der Waals surface area (Å²) in [5.74, 6) is 2.52. The summed E-state index contributed by atoms with van der Waals surface area (Å²) in [6.45, 7) is 8.63. The third kappa shape index (κ3) is 5.32. The minimum Gasteiger partial charge on any atom is -0.316 e. The van der Waals surface area contributed by atoms with Crippen LogP contribution in [0.15, 0.2) is 0 Å². The van der Waals surface area contributed by atoms with Gasteiger partial charge in [-0.25, -0.2) is 4.98 Å². The van der Waals surface area contributed by atoms with Crippen LogP contribution in [-0.2, 0) is 6.42 Å². The van der Waals surface area contributed by atoms with Crippen molar-refractivity contribution in [2.45, 2.75) is 33.6 Å². The van der Waals surface area contributed by atoms with Crippen molar-refractivity contribution in [3.63, 3.8) is 0 Å². The molecule has 0 saturated carbocycles. The van der Waals surface area contributed by atoms with Gasteiger partial charge in [-0.2, -0.15) is 11.8 Å². The quantitative estimate of drug-likeness (QED) is 0.726. The summed E-state index contributed by atoms with van der Waals surface area (Å²) < 4.78 is 0. The van der Waals surface area contributed by atoms with Crippen molar-refractivity contribution in [3.05, 3.63) is 15.6 Å². The molecule has 1 rings (SSSR count). The van der Waals surface area contributed by atoms with Crippen molar-refractivity contribution in [2.24, 2.45) is 0 Å². The van der Waals surface area contributed by atoms with Crippen LogP contribution in [-0.4, -0.2) is 29.6 Å². The second kappa shape index (κ2) is 8.09. The number of rotatable bonds is 8. The van der Waals surface area contributed by atoms with Crippen LogP contribution in [0.3, 0.4) is 0 Å². The molecule has 0 aliphatic rings. The number of nitrogens with one attached hydrogen (secondary N) is 1. The average Bonchev–Trinajstić information content (AvgIpc) is 2.56. The maximum absolute atomic E-state index is 4.44. The van der Waals surface area contributed by atoms with E-state index in [1.165, 1.54) is 33.5 Å². The minimum absolute atomic E-state index is 1.08. The summed E-state index contributed by atoms with van der Waals surface area (Å²) in [6.07, 6.45) is 2.40. The molecule has 0 saturated heterocycles. The van der Waals surface area contributed by atoms with Gasteiger partial charge < -0.3 is 5.32 Å². The Hall–Kier alpha value is -0.0600. The minimum atomic E-state index is 1.08. The molecule has 0 fully saturated rings. The fourth-order valence-corrected chi connectivity index (χ4v) is 3.15. The van der Waals surface area contributed by atoms with Gasteiger partial charge in [0, 0.05) is 11.4 Å². The zero-order valence-electron chi connectivity index (χ0n) is 10.5. The van der Waals surface area contributed by atoms with Gasteiger partial charge in [0.15, 0.2) is 0 Å². The van der Waals surface area contributed by atoms with Crippen molar-refractivity contribution in [3.8, 4) is 0 Å². The first-order chi connectivity index (χ1) is 7.74. The van der Waals surface area contributed by atoms with E-state index >= 15 is 0 Å². The summed E-state index contributed by atoms with van der Waals surface area (Å²) in [5, 5.41) is 4.68. The van der Waals surface area contributed by atoms with Crippen LogP contribution >= 0.6 is 23.1 Å². The van der Waals surface area contributed by atoms with Gasteiger partial charge >= 0.3 is 0 Å². The van der Waals surface area contributed by atoms with Gasteiger partial charge in [-0.05, 0) is 44.7 Å². The van der Waals surface area contributed by atoms with Crippen molar-refractivity contribution in [2.75, 3.05) is 24.6 Å². The second-order valence-corrected chi connectivity index (χ2v) is 6.47. The number of nitrogens with zero attached hydrogens (tertiary/aromatic N) is 1. The zero-order chi connectivity index (χ0) is 11.8. The average molecular weight is 258 g/mol. The van der Waals surface area contributed by atoms with Gasteiger partial charge in [-0.15, -0.1) is 11.3 Å². The Bertz CT molecular complexity index is 297. The lowest BCUT2D eigenvalue weighted by Crippen LogP contribution is -2.18. The zero-order valence-corrected chi connectivity index (χ0v) is 12.1. The Morgan fingerprint density at radius 3 is 2.75 bits per heavy atom. The van der Waals surface area contributed by atoms with Crippen LogP contribution in [0.4, 0.5) is 0 Å². The molecule has 0 aromatic carbocycles. The molecule has 2 nitrogen and oxygen atoms in total. The standard InChI is InChI=1S/C12H22N2S2/c1-4-15-9-5-7-13-8-6-12-10(2)14-11(3)16-12/h13H,4-9H2,1-3H3. The molecule has 0 aliphatic heterocycles. The van der Waals surface area contributed by atoms with Crippen LogP contribution in [0.2, 0.25) is 0 Å². The van der Waals surface area contributed by atoms with E-state index in [4.69, 9.17) is 0 Å². The van der Waals surface area contributed by atoms with E-state index in [-0.39, 0.29) is 0 Å². The van der Waals surface area contributed by atoms with E-state index in [0.717, 1.165) is 19.5 Å². The predicted molar refractivity (Wildman–Crippen MR) is 75.8 cm³/mol. The molecule has 1 N–H and O–H groups in total. The van der Waals surface area contributed by atoms with E-state index in [1.807, 2.05) is 23.1 Å². The maximum atomic E-state index is 4.44. The largest absolute Gasteiger partial charge is 0.316 e. The van der Waals surface area contributed by atoms with Gasteiger partial charge in [0.1, 0.15) is 0 Å². The third-order valence-corrected chi connectivity index (χ3v) is 4.49. The topological polar surface area (TPSA) is 24.9 Å². The summed E-state index contributed by atoms with van der Waals surface area (Å²) in [7, 11) is 0. The molecule has 1 aromatic heterocycles. The molecule has 0 spiro atoms. The van der Waals surface area contributed by atoms with Crippen LogP contribution in [0.25, 0.3) is 0 Å². The molecule has 0 unspecified atom stereocenters. The van der Waals surface area contributed by atoms with Gasteiger partial charge in [-0.3, -0.25) is 0 Å². The Balaban J connectivity index is 2.05. The van der Waals surface area contributed by atoms with Gasteiger partial charge in [0.2, 0.25) is 0 Å². The van der Waals surface area contributed by atoms with Crippen LogP contribution in [0, 0.1) is 13.8 Å². The number of hydrogen-bond donors (Lipinski definition) is 1. The van der Waals surface area contributed by atoms with E-state index < -0.39 is 0 Å². The SMILES string of the molecule is CCSCCCNCCc1sc(C)nc1C. The monoisotopic (exact) mass is 258 g/mol. The fourth-order valence-electron chi connectivity index (χ4n) is 1.58. The number of thioether (sulfide) groups is 1. The van der Waals surface area contributed by atoms with Crippen molar-refractivity contribution < 1.29 is 0 Å². The molecule has 1 aromatic rings. The highest BCUT2D eigenvalue weighted by molar-refractivity contribution is 7.99. The summed E-state index contributed by atoms with van der Waals surface area (Å²) >= 11 is 3.85. The highest BCUT2D eigenvalue weighted by Gasteiger charge is 2.03. The number of aromatic nitrogens is 1. The second-order valence-electron chi connectivity index (χ2n) is 3.79. The first kappa shape index (κ1) is 14.0. The Morgan fingerprint density at radius 1 is 1.31 bits per heavy atom. The van der Waals surface area contributed by atoms with E-state index in [1.54, 1.807) is 0 Å². The highest BCUT2D eigenvalue weighted by atomic mass is 32.2. The smallest absolute Gasteiger partial charge is 0.0900 e. The molecule has 0 aliphatic carbocycles. The van der Waals surface area contributed by atoms with Crippen molar-refractivity contribution in [1.29, 1.82) is 0 Å². The molecule has 92 valence electrons. The summed E-state index contributed by atoms with van der Waals surface area (Å²) in [4.78, 5) is 5.88. The lowest BCUT2D eigenvalue weighted by molar-refractivity contribution is 0.676. The molecule has 0 radical (unpaired) electrons. The number of aryl methyl sites for hydroxylation is 2. The van der Waals surface area contributed by atoms with Gasteiger partial charge in [-0.1, -0.05) is 6.92 Å². The van der Waals surface area contributed by atoms with E-state index in [9.17, 15) is 0 Å². The number of hydrogen-bond acceptors (Lipinski definition) is 4. The molecule has 0 atom stereocenters. The molecule has 1 heterocycles. The van der Waals surface area contributed by atoms with Gasteiger partial charge in [0.05, 0.1) is 10.7 Å².